The second-order valence-corrected chi connectivity index (χ2v) is 7.31. The summed E-state index contributed by atoms with van der Waals surface area (Å²) >= 11 is 2.93. The van der Waals surface area contributed by atoms with Gasteiger partial charge in [0.05, 0.1) is 11.8 Å². The quantitative estimate of drug-likeness (QED) is 0.651. The molecule has 3 N–H and O–H groups in total. The first-order chi connectivity index (χ1) is 11.5. The van der Waals surface area contributed by atoms with Crippen molar-refractivity contribution in [1.29, 1.82) is 0 Å². The molecule has 1 amide bonds. The average Bonchev–Trinajstić information content (AvgIpc) is 3.03. The molecule has 9 heteroatoms. The number of para-hydroxylation sites is 1. The van der Waals surface area contributed by atoms with Gasteiger partial charge in [-0.2, -0.15) is 11.8 Å². The van der Waals surface area contributed by atoms with Crippen LogP contribution in [0.4, 0.5) is 5.69 Å². The lowest BCUT2D eigenvalue weighted by atomic mass is 10.1. The van der Waals surface area contributed by atoms with Crippen LogP contribution in [0.15, 0.2) is 27.8 Å². The molecule has 0 fully saturated rings. The number of aryl methyl sites for hydroxylation is 2. The van der Waals surface area contributed by atoms with Crippen molar-refractivity contribution >= 4 is 47.5 Å². The van der Waals surface area contributed by atoms with Gasteiger partial charge in [0, 0.05) is 5.69 Å². The standard InChI is InChI=1S/C16H22N4O2S2.ClH/c1-10-5-4-6-11(2)14(10)18-13(21)9-24-16-20-19-15(22-16)12(17)7-8-23-3;/h4-6,12H,7-9,17H2,1-3H3,(H,18,21);1H/t12-;/m0./s1. The molecule has 1 atom stereocenters. The van der Waals surface area contributed by atoms with Crippen LogP contribution >= 0.6 is 35.9 Å². The van der Waals surface area contributed by atoms with Gasteiger partial charge in [-0.3, -0.25) is 4.79 Å². The first-order valence-electron chi connectivity index (χ1n) is 7.58. The third-order valence-electron chi connectivity index (χ3n) is 3.44. The average molecular weight is 403 g/mol. The number of carbonyl (C=O) groups is 1. The van der Waals surface area contributed by atoms with E-state index < -0.39 is 0 Å². The zero-order valence-electron chi connectivity index (χ0n) is 14.4. The van der Waals surface area contributed by atoms with Gasteiger partial charge in [0.25, 0.3) is 5.22 Å². The zero-order chi connectivity index (χ0) is 17.5. The lowest BCUT2D eigenvalue weighted by Crippen LogP contribution is -2.15. The summed E-state index contributed by atoms with van der Waals surface area (Å²) in [5.74, 6) is 1.45. The molecule has 1 aromatic carbocycles. The summed E-state index contributed by atoms with van der Waals surface area (Å²) in [6.07, 6.45) is 2.80. The molecule has 1 heterocycles. The van der Waals surface area contributed by atoms with Gasteiger partial charge in [-0.25, -0.2) is 0 Å². The van der Waals surface area contributed by atoms with Crippen molar-refractivity contribution in [2.24, 2.45) is 5.73 Å². The Kier molecular flexibility index (Phi) is 9.34. The molecule has 25 heavy (non-hydrogen) atoms. The first-order valence-corrected chi connectivity index (χ1v) is 9.96. The lowest BCUT2D eigenvalue weighted by molar-refractivity contribution is -0.113. The molecule has 0 aliphatic rings. The zero-order valence-corrected chi connectivity index (χ0v) is 16.9. The van der Waals surface area contributed by atoms with Crippen molar-refractivity contribution in [2.75, 3.05) is 23.1 Å². The Labute approximate surface area is 162 Å². The number of rotatable bonds is 8. The van der Waals surface area contributed by atoms with E-state index in [1.165, 1.54) is 11.8 Å². The van der Waals surface area contributed by atoms with Crippen LogP contribution in [0.5, 0.6) is 0 Å². The molecule has 0 radical (unpaired) electrons. The number of nitrogens with two attached hydrogens (primary N) is 1. The molecule has 6 nitrogen and oxygen atoms in total. The molecular weight excluding hydrogens is 380 g/mol. The molecule has 2 aromatic rings. The van der Waals surface area contributed by atoms with E-state index in [2.05, 4.69) is 15.5 Å². The highest BCUT2D eigenvalue weighted by Gasteiger charge is 2.15. The van der Waals surface area contributed by atoms with E-state index in [4.69, 9.17) is 10.2 Å². The first kappa shape index (κ1) is 21.8. The molecule has 0 saturated heterocycles. The number of amides is 1. The van der Waals surface area contributed by atoms with Crippen molar-refractivity contribution in [1.82, 2.24) is 10.2 Å². The molecule has 0 aliphatic heterocycles. The minimum Gasteiger partial charge on any atom is -0.414 e. The van der Waals surface area contributed by atoms with Gasteiger partial charge in [0.1, 0.15) is 0 Å². The third kappa shape index (κ3) is 6.54. The Bertz CT molecular complexity index is 676. The normalized spacial score (nSPS) is 11.7. The molecule has 138 valence electrons. The van der Waals surface area contributed by atoms with Crippen LogP contribution in [0.2, 0.25) is 0 Å². The maximum absolute atomic E-state index is 12.1. The van der Waals surface area contributed by atoms with Crippen LogP contribution < -0.4 is 11.1 Å². The Morgan fingerprint density at radius 3 is 2.64 bits per heavy atom. The number of hydrogen-bond acceptors (Lipinski definition) is 7. The molecule has 2 rings (SSSR count). The van der Waals surface area contributed by atoms with Crippen molar-refractivity contribution < 1.29 is 9.21 Å². The second kappa shape index (κ2) is 10.7. The number of benzene rings is 1. The number of carbonyl (C=O) groups excluding carboxylic acids is 1. The Morgan fingerprint density at radius 2 is 2.00 bits per heavy atom. The molecule has 0 aliphatic carbocycles. The summed E-state index contributed by atoms with van der Waals surface area (Å²) in [7, 11) is 0. The lowest BCUT2D eigenvalue weighted by Gasteiger charge is -2.10. The number of aromatic nitrogens is 2. The van der Waals surface area contributed by atoms with E-state index in [0.29, 0.717) is 11.1 Å². The predicted molar refractivity (Wildman–Crippen MR) is 107 cm³/mol. The van der Waals surface area contributed by atoms with Gasteiger partial charge in [0.15, 0.2) is 0 Å². The van der Waals surface area contributed by atoms with Gasteiger partial charge >= 0.3 is 0 Å². The van der Waals surface area contributed by atoms with E-state index >= 15 is 0 Å². The number of halogens is 1. The van der Waals surface area contributed by atoms with E-state index in [9.17, 15) is 4.79 Å². The maximum Gasteiger partial charge on any atom is 0.277 e. The fourth-order valence-corrected chi connectivity index (χ4v) is 3.17. The summed E-state index contributed by atoms with van der Waals surface area (Å²) in [6.45, 7) is 3.94. The number of nitrogens with one attached hydrogen (secondary N) is 1. The van der Waals surface area contributed by atoms with Gasteiger partial charge in [-0.1, -0.05) is 30.0 Å². The van der Waals surface area contributed by atoms with Crippen molar-refractivity contribution in [3.05, 3.63) is 35.2 Å². The summed E-state index contributed by atoms with van der Waals surface area (Å²) < 4.78 is 5.52. The van der Waals surface area contributed by atoms with Gasteiger partial charge < -0.3 is 15.5 Å². The fraction of sp³-hybridized carbons (Fsp3) is 0.438. The molecule has 0 spiro atoms. The number of thioether (sulfide) groups is 2. The summed E-state index contributed by atoms with van der Waals surface area (Å²) in [4.78, 5) is 12.1. The van der Waals surface area contributed by atoms with E-state index in [-0.39, 0.29) is 30.1 Å². The molecular formula is C16H23ClN4O2S2. The predicted octanol–water partition coefficient (Wildman–Crippen LogP) is 3.59. The number of nitrogens with zero attached hydrogens (tertiary/aromatic N) is 2. The summed E-state index contributed by atoms with van der Waals surface area (Å²) in [5, 5.41) is 11.2. The molecule has 0 unspecified atom stereocenters. The van der Waals surface area contributed by atoms with Crippen molar-refractivity contribution in [3.63, 3.8) is 0 Å². The largest absolute Gasteiger partial charge is 0.414 e. The highest BCUT2D eigenvalue weighted by Crippen LogP contribution is 2.23. The summed E-state index contributed by atoms with van der Waals surface area (Å²) in [6, 6.07) is 5.64. The summed E-state index contributed by atoms with van der Waals surface area (Å²) in [5.41, 5.74) is 8.91. The smallest absolute Gasteiger partial charge is 0.277 e. The minimum atomic E-state index is -0.261. The van der Waals surface area contributed by atoms with E-state index in [0.717, 1.165) is 29.0 Å². The highest BCUT2D eigenvalue weighted by atomic mass is 35.5. The molecule has 1 aromatic heterocycles. The highest BCUT2D eigenvalue weighted by molar-refractivity contribution is 7.99. The SMILES string of the molecule is CSCC[C@H](N)c1nnc(SCC(=O)Nc2c(C)cccc2C)o1.Cl. The Balaban J connectivity index is 0.00000312. The second-order valence-electron chi connectivity index (χ2n) is 5.40. The number of hydrogen-bond donors (Lipinski definition) is 2. The van der Waals surface area contributed by atoms with E-state index in [1.54, 1.807) is 11.8 Å². The monoisotopic (exact) mass is 402 g/mol. The Morgan fingerprint density at radius 1 is 1.32 bits per heavy atom. The Hall–Kier alpha value is -1.22. The van der Waals surface area contributed by atoms with Gasteiger partial charge in [0.2, 0.25) is 11.8 Å². The van der Waals surface area contributed by atoms with E-state index in [1.807, 2.05) is 38.3 Å². The third-order valence-corrected chi connectivity index (χ3v) is 4.91. The van der Waals surface area contributed by atoms with Crippen molar-refractivity contribution in [2.45, 2.75) is 31.5 Å². The maximum atomic E-state index is 12.1. The van der Waals surface area contributed by atoms with Crippen LogP contribution in [0, 0.1) is 13.8 Å². The number of anilines is 1. The van der Waals surface area contributed by atoms with Crippen molar-refractivity contribution in [3.8, 4) is 0 Å². The van der Waals surface area contributed by atoms with Crippen LogP contribution in [0.25, 0.3) is 0 Å². The topological polar surface area (TPSA) is 94.0 Å². The molecule has 0 saturated carbocycles. The van der Waals surface area contributed by atoms with Crippen LogP contribution in [-0.2, 0) is 4.79 Å². The minimum absolute atomic E-state index is 0. The van der Waals surface area contributed by atoms with Gasteiger partial charge in [-0.15, -0.1) is 22.6 Å². The van der Waals surface area contributed by atoms with Gasteiger partial charge in [-0.05, 0) is 43.4 Å². The van der Waals surface area contributed by atoms with Crippen LogP contribution in [0.3, 0.4) is 0 Å². The fourth-order valence-electron chi connectivity index (χ4n) is 2.11. The van der Waals surface area contributed by atoms with Crippen LogP contribution in [0.1, 0.15) is 29.5 Å². The van der Waals surface area contributed by atoms with Crippen LogP contribution in [-0.4, -0.2) is 33.9 Å². The molecule has 0 bridgehead atoms.